The molecule has 3 rings (SSSR count). The molecule has 0 radical (unpaired) electrons. The van der Waals surface area contributed by atoms with Crippen LogP contribution in [0.25, 0.3) is 10.9 Å². The zero-order valence-electron chi connectivity index (χ0n) is 15.3. The molecule has 0 saturated carbocycles. The van der Waals surface area contributed by atoms with Crippen molar-refractivity contribution >= 4 is 50.1 Å². The van der Waals surface area contributed by atoms with Crippen molar-refractivity contribution in [3.05, 3.63) is 59.2 Å². The first-order valence-electron chi connectivity index (χ1n) is 8.37. The zero-order chi connectivity index (χ0) is 20.1. The van der Waals surface area contributed by atoms with Crippen molar-refractivity contribution in [1.29, 1.82) is 0 Å². The van der Waals surface area contributed by atoms with Crippen LogP contribution in [-0.2, 0) is 4.79 Å². The number of nitrogens with zero attached hydrogens (tertiary/aromatic N) is 4. The molecule has 9 heteroatoms. The number of carbonyl (C=O) groups is 1. The number of fused-ring (bicyclic) bond motifs is 1. The monoisotopic (exact) mass is 444 g/mol. The Kier molecular flexibility index (Phi) is 6.27. The van der Waals surface area contributed by atoms with Gasteiger partial charge in [-0.2, -0.15) is 0 Å². The van der Waals surface area contributed by atoms with Gasteiger partial charge in [-0.15, -0.1) is 0 Å². The number of aromatic nitrogens is 3. The van der Waals surface area contributed by atoms with Gasteiger partial charge < -0.3 is 15.5 Å². The van der Waals surface area contributed by atoms with Crippen molar-refractivity contribution in [2.45, 2.75) is 0 Å². The van der Waals surface area contributed by atoms with Gasteiger partial charge in [0.05, 0.1) is 16.2 Å². The molecule has 3 aromatic rings. The van der Waals surface area contributed by atoms with Gasteiger partial charge in [-0.25, -0.2) is 19.3 Å². The Morgan fingerprint density at radius 3 is 2.82 bits per heavy atom. The minimum absolute atomic E-state index is 0.275. The SMILES string of the molecule is CN(C)C/C=C/C(=O)Nc1cc2c(Nc3ccc(F)c(Br)c3)ncnc2cn1. The average molecular weight is 445 g/mol. The van der Waals surface area contributed by atoms with Crippen LogP contribution < -0.4 is 10.6 Å². The lowest BCUT2D eigenvalue weighted by Gasteiger charge is -2.10. The summed E-state index contributed by atoms with van der Waals surface area (Å²) in [6.45, 7) is 0.660. The van der Waals surface area contributed by atoms with Crippen LogP contribution in [0, 0.1) is 5.82 Å². The molecule has 0 bridgehead atoms. The highest BCUT2D eigenvalue weighted by atomic mass is 79.9. The summed E-state index contributed by atoms with van der Waals surface area (Å²) in [7, 11) is 3.84. The summed E-state index contributed by atoms with van der Waals surface area (Å²) in [5.74, 6) is 0.270. The number of halogens is 2. The van der Waals surface area contributed by atoms with Crippen molar-refractivity contribution in [3.63, 3.8) is 0 Å². The molecule has 0 saturated heterocycles. The molecule has 0 fully saturated rings. The van der Waals surface area contributed by atoms with E-state index in [1.54, 1.807) is 30.5 Å². The summed E-state index contributed by atoms with van der Waals surface area (Å²) < 4.78 is 13.8. The Balaban J connectivity index is 1.84. The van der Waals surface area contributed by atoms with E-state index in [-0.39, 0.29) is 11.7 Å². The van der Waals surface area contributed by atoms with E-state index in [1.807, 2.05) is 19.0 Å². The third-order valence-corrected chi connectivity index (χ3v) is 4.30. The fraction of sp³-hybridized carbons (Fsp3) is 0.158. The average Bonchev–Trinajstić information content (AvgIpc) is 2.65. The zero-order valence-corrected chi connectivity index (χ0v) is 16.9. The Bertz CT molecular complexity index is 1040. The summed E-state index contributed by atoms with van der Waals surface area (Å²) in [5.41, 5.74) is 1.27. The van der Waals surface area contributed by atoms with Gasteiger partial charge in [-0.1, -0.05) is 6.08 Å². The van der Waals surface area contributed by atoms with Crippen molar-refractivity contribution in [3.8, 4) is 0 Å². The quantitative estimate of drug-likeness (QED) is 0.563. The predicted octanol–water partition coefficient (Wildman–Crippen LogP) is 3.73. The van der Waals surface area contributed by atoms with Crippen LogP contribution in [0.5, 0.6) is 0 Å². The summed E-state index contributed by atoms with van der Waals surface area (Å²) in [6.07, 6.45) is 6.19. The second-order valence-electron chi connectivity index (χ2n) is 6.22. The van der Waals surface area contributed by atoms with Crippen LogP contribution >= 0.6 is 15.9 Å². The highest BCUT2D eigenvalue weighted by Gasteiger charge is 2.09. The Labute approximate surface area is 169 Å². The maximum Gasteiger partial charge on any atom is 0.249 e. The predicted molar refractivity (Wildman–Crippen MR) is 111 cm³/mol. The molecule has 2 N–H and O–H groups in total. The Morgan fingerprint density at radius 1 is 1.25 bits per heavy atom. The number of hydrogen-bond acceptors (Lipinski definition) is 6. The van der Waals surface area contributed by atoms with Crippen molar-refractivity contribution in [2.75, 3.05) is 31.3 Å². The molecule has 0 unspecified atom stereocenters. The smallest absolute Gasteiger partial charge is 0.249 e. The molecular formula is C19H18BrFN6O. The summed E-state index contributed by atoms with van der Waals surface area (Å²) in [4.78, 5) is 26.6. The number of likely N-dealkylation sites (N-methyl/N-ethyl adjacent to an activating group) is 1. The van der Waals surface area contributed by atoms with Crippen molar-refractivity contribution in [2.24, 2.45) is 0 Å². The van der Waals surface area contributed by atoms with Gasteiger partial charge in [-0.05, 0) is 54.3 Å². The van der Waals surface area contributed by atoms with Gasteiger partial charge in [0.2, 0.25) is 5.91 Å². The van der Waals surface area contributed by atoms with Gasteiger partial charge in [-0.3, -0.25) is 4.79 Å². The molecular weight excluding hydrogens is 427 g/mol. The van der Waals surface area contributed by atoms with E-state index in [0.717, 1.165) is 0 Å². The maximum atomic E-state index is 13.4. The lowest BCUT2D eigenvalue weighted by atomic mass is 10.2. The van der Waals surface area contributed by atoms with E-state index in [1.165, 1.54) is 18.5 Å². The first kappa shape index (κ1) is 19.8. The van der Waals surface area contributed by atoms with Gasteiger partial charge >= 0.3 is 0 Å². The number of hydrogen-bond donors (Lipinski definition) is 2. The fourth-order valence-corrected chi connectivity index (χ4v) is 2.75. The van der Waals surface area contributed by atoms with E-state index in [9.17, 15) is 9.18 Å². The van der Waals surface area contributed by atoms with Crippen LogP contribution in [-0.4, -0.2) is 46.4 Å². The van der Waals surface area contributed by atoms with E-state index >= 15 is 0 Å². The van der Waals surface area contributed by atoms with E-state index < -0.39 is 0 Å². The second kappa shape index (κ2) is 8.85. The van der Waals surface area contributed by atoms with Crippen LogP contribution in [0.1, 0.15) is 0 Å². The first-order chi connectivity index (χ1) is 13.4. The van der Waals surface area contributed by atoms with Crippen LogP contribution in [0.4, 0.5) is 21.7 Å². The van der Waals surface area contributed by atoms with Crippen LogP contribution in [0.2, 0.25) is 0 Å². The number of benzene rings is 1. The minimum Gasteiger partial charge on any atom is -0.340 e. The molecule has 28 heavy (non-hydrogen) atoms. The van der Waals surface area contributed by atoms with Crippen molar-refractivity contribution < 1.29 is 9.18 Å². The molecule has 0 aliphatic heterocycles. The second-order valence-corrected chi connectivity index (χ2v) is 7.07. The summed E-state index contributed by atoms with van der Waals surface area (Å²) in [5, 5.41) is 6.53. The molecule has 144 valence electrons. The molecule has 1 amide bonds. The molecule has 0 aliphatic rings. The van der Waals surface area contributed by atoms with Crippen molar-refractivity contribution in [1.82, 2.24) is 19.9 Å². The number of carbonyl (C=O) groups excluding carboxylic acids is 1. The molecule has 1 aromatic carbocycles. The number of rotatable bonds is 6. The molecule has 2 aromatic heterocycles. The van der Waals surface area contributed by atoms with Gasteiger partial charge in [0.1, 0.15) is 23.8 Å². The first-order valence-corrected chi connectivity index (χ1v) is 9.17. The third kappa shape index (κ3) is 5.08. The van der Waals surface area contributed by atoms with Gasteiger partial charge in [0.25, 0.3) is 0 Å². The Morgan fingerprint density at radius 2 is 2.07 bits per heavy atom. The van der Waals surface area contributed by atoms with E-state index in [2.05, 4.69) is 41.5 Å². The highest BCUT2D eigenvalue weighted by Crippen LogP contribution is 2.27. The normalized spacial score (nSPS) is 11.3. The third-order valence-electron chi connectivity index (χ3n) is 3.70. The molecule has 7 nitrogen and oxygen atoms in total. The number of pyridine rings is 1. The molecule has 0 atom stereocenters. The fourth-order valence-electron chi connectivity index (χ4n) is 2.38. The molecule has 0 aliphatic carbocycles. The topological polar surface area (TPSA) is 83.0 Å². The number of amides is 1. The largest absolute Gasteiger partial charge is 0.340 e. The summed E-state index contributed by atoms with van der Waals surface area (Å²) in [6, 6.07) is 6.26. The lowest BCUT2D eigenvalue weighted by Crippen LogP contribution is -2.13. The molecule has 0 spiro atoms. The van der Waals surface area contributed by atoms with Gasteiger partial charge in [0.15, 0.2) is 0 Å². The maximum absolute atomic E-state index is 13.4. The lowest BCUT2D eigenvalue weighted by molar-refractivity contribution is -0.111. The standard InChI is InChI=1S/C19H18BrFN6O/c1-27(2)7-3-4-18(28)26-17-9-13-16(10-22-17)23-11-24-19(13)25-12-5-6-15(21)14(20)8-12/h3-6,8-11H,7H2,1-2H3,(H,22,26,28)(H,23,24,25)/b4-3+. The number of anilines is 3. The number of nitrogens with one attached hydrogen (secondary N) is 2. The van der Waals surface area contributed by atoms with E-state index in [0.29, 0.717) is 39.2 Å². The van der Waals surface area contributed by atoms with Crippen LogP contribution in [0.3, 0.4) is 0 Å². The summed E-state index contributed by atoms with van der Waals surface area (Å²) >= 11 is 3.16. The minimum atomic E-state index is -0.352. The molecule has 2 heterocycles. The van der Waals surface area contributed by atoms with E-state index in [4.69, 9.17) is 0 Å². The Hall–Kier alpha value is -2.91. The highest BCUT2D eigenvalue weighted by molar-refractivity contribution is 9.10. The van der Waals surface area contributed by atoms with Crippen LogP contribution in [0.15, 0.2) is 53.4 Å². The van der Waals surface area contributed by atoms with Gasteiger partial charge in [0, 0.05) is 23.7 Å².